The zero-order chi connectivity index (χ0) is 18.2. The molecule has 0 radical (unpaired) electrons. The predicted molar refractivity (Wildman–Crippen MR) is 107 cm³/mol. The molecule has 1 saturated heterocycles. The molecule has 4 nitrogen and oxygen atoms in total. The monoisotopic (exact) mass is 392 g/mol. The standard InChI is InChI=1S/C22H40O3.Na.H2O/c1-2-3-4-5-6-7-8-9-10-11-12-13-14-15-16-17-18-19-20-21(25-20)22(23)24;;/h9-10,20-21H,2-8,11-19H2,1H3,(H,23,24);;1H2/q;+1;/p-1/b10-9-;;. The number of epoxide rings is 1. The molecule has 27 heavy (non-hydrogen) atoms. The van der Waals surface area contributed by atoms with Gasteiger partial charge in [-0.1, -0.05) is 89.7 Å². The number of hydrogen-bond acceptors (Lipinski definition) is 3. The van der Waals surface area contributed by atoms with Gasteiger partial charge in [0.05, 0.1) is 6.10 Å². The summed E-state index contributed by atoms with van der Waals surface area (Å²) in [5, 5.41) is 8.74. The first-order valence-corrected chi connectivity index (χ1v) is 10.8. The van der Waals surface area contributed by atoms with Crippen LogP contribution in [0.3, 0.4) is 0 Å². The third-order valence-electron chi connectivity index (χ3n) is 5.08. The SMILES string of the molecule is CCCCCCCC/C=C\CCCCCCCCCC1OC1C(=O)O.[Na+].[OH-]. The second kappa shape index (κ2) is 20.9. The Balaban J connectivity index is 0. The maximum Gasteiger partial charge on any atom is 1.00 e. The van der Waals surface area contributed by atoms with Crippen LogP contribution in [0, 0.1) is 0 Å². The molecule has 0 aromatic rings. The summed E-state index contributed by atoms with van der Waals surface area (Å²) in [5.74, 6) is -0.800. The van der Waals surface area contributed by atoms with Crippen LogP contribution >= 0.6 is 0 Å². The summed E-state index contributed by atoms with van der Waals surface area (Å²) in [7, 11) is 0. The van der Waals surface area contributed by atoms with E-state index in [1.54, 1.807) is 0 Å². The average Bonchev–Trinajstić information content (AvgIpc) is 3.37. The van der Waals surface area contributed by atoms with Crippen LogP contribution in [-0.4, -0.2) is 28.8 Å². The van der Waals surface area contributed by atoms with Gasteiger partial charge in [0.1, 0.15) is 0 Å². The Morgan fingerprint density at radius 2 is 1.26 bits per heavy atom. The first-order chi connectivity index (χ1) is 12.3. The van der Waals surface area contributed by atoms with Gasteiger partial charge < -0.3 is 15.3 Å². The molecule has 0 amide bonds. The summed E-state index contributed by atoms with van der Waals surface area (Å²) in [6.45, 7) is 2.27. The van der Waals surface area contributed by atoms with Gasteiger partial charge >= 0.3 is 35.5 Å². The van der Waals surface area contributed by atoms with Crippen molar-refractivity contribution in [2.75, 3.05) is 0 Å². The van der Waals surface area contributed by atoms with Gasteiger partial charge in [0.15, 0.2) is 6.10 Å². The van der Waals surface area contributed by atoms with Crippen LogP contribution in [0.2, 0.25) is 0 Å². The van der Waals surface area contributed by atoms with E-state index >= 15 is 0 Å². The van der Waals surface area contributed by atoms with Crippen LogP contribution in [0.15, 0.2) is 12.2 Å². The molecular weight excluding hydrogens is 351 g/mol. The molecule has 2 N–H and O–H groups in total. The number of carboxylic acids is 1. The van der Waals surface area contributed by atoms with E-state index in [2.05, 4.69) is 19.1 Å². The third kappa shape index (κ3) is 17.9. The van der Waals surface area contributed by atoms with Crippen molar-refractivity contribution in [1.82, 2.24) is 0 Å². The fourth-order valence-corrected chi connectivity index (χ4v) is 3.35. The van der Waals surface area contributed by atoms with Crippen molar-refractivity contribution in [3.05, 3.63) is 12.2 Å². The Morgan fingerprint density at radius 1 is 0.815 bits per heavy atom. The largest absolute Gasteiger partial charge is 1.00 e. The number of carboxylic acid groups (broad SMARTS) is 1. The van der Waals surface area contributed by atoms with Crippen LogP contribution in [0.25, 0.3) is 0 Å². The first-order valence-electron chi connectivity index (χ1n) is 10.8. The maximum absolute atomic E-state index is 10.6. The number of carbonyl (C=O) groups is 1. The Morgan fingerprint density at radius 3 is 1.70 bits per heavy atom. The van der Waals surface area contributed by atoms with E-state index < -0.39 is 12.1 Å². The van der Waals surface area contributed by atoms with Gasteiger partial charge in [0, 0.05) is 0 Å². The molecule has 0 spiro atoms. The van der Waals surface area contributed by atoms with Gasteiger partial charge in [-0.25, -0.2) is 4.79 Å². The fraction of sp³-hybridized carbons (Fsp3) is 0.864. The summed E-state index contributed by atoms with van der Waals surface area (Å²) in [5.41, 5.74) is 0. The number of allylic oxidation sites excluding steroid dienone is 2. The number of unbranched alkanes of at least 4 members (excludes halogenated alkanes) is 13. The van der Waals surface area contributed by atoms with E-state index in [9.17, 15) is 4.79 Å². The molecule has 2 atom stereocenters. The quantitative estimate of drug-likeness (QED) is 0.168. The molecule has 0 bridgehead atoms. The Bertz CT molecular complexity index is 360. The molecule has 1 aliphatic heterocycles. The number of rotatable bonds is 18. The van der Waals surface area contributed by atoms with Crippen LogP contribution in [-0.2, 0) is 9.53 Å². The molecule has 0 aromatic carbocycles. The van der Waals surface area contributed by atoms with E-state index in [1.165, 1.54) is 89.9 Å². The summed E-state index contributed by atoms with van der Waals surface area (Å²) >= 11 is 0. The van der Waals surface area contributed by atoms with Crippen molar-refractivity contribution in [3.63, 3.8) is 0 Å². The summed E-state index contributed by atoms with van der Waals surface area (Å²) in [6, 6.07) is 0. The van der Waals surface area contributed by atoms with Crippen molar-refractivity contribution in [3.8, 4) is 0 Å². The van der Waals surface area contributed by atoms with E-state index in [-0.39, 0.29) is 41.1 Å². The van der Waals surface area contributed by atoms with Gasteiger partial charge in [0.25, 0.3) is 0 Å². The van der Waals surface area contributed by atoms with Gasteiger partial charge in [-0.3, -0.25) is 0 Å². The average molecular weight is 393 g/mol. The molecule has 1 fully saturated rings. The summed E-state index contributed by atoms with van der Waals surface area (Å²) < 4.78 is 5.10. The zero-order valence-electron chi connectivity index (χ0n) is 17.8. The minimum atomic E-state index is -0.800. The first kappa shape index (κ1) is 29.3. The number of ether oxygens (including phenoxy) is 1. The van der Waals surface area contributed by atoms with Crippen LogP contribution in [0.5, 0.6) is 0 Å². The number of aliphatic carboxylic acids is 1. The van der Waals surface area contributed by atoms with Crippen LogP contribution in [0.1, 0.15) is 110 Å². The fourth-order valence-electron chi connectivity index (χ4n) is 3.35. The van der Waals surface area contributed by atoms with Gasteiger partial charge in [-0.2, -0.15) is 0 Å². The Labute approximate surface area is 189 Å². The topological polar surface area (TPSA) is 79.8 Å². The van der Waals surface area contributed by atoms with Gasteiger partial charge in [-0.15, -0.1) is 0 Å². The van der Waals surface area contributed by atoms with E-state index in [0.29, 0.717) is 0 Å². The van der Waals surface area contributed by atoms with Crippen LogP contribution in [0.4, 0.5) is 0 Å². The molecule has 1 aliphatic rings. The smallest absolute Gasteiger partial charge is 0.870 e. The second-order valence-electron chi connectivity index (χ2n) is 7.51. The molecular formula is C22H41NaO4. The Hall–Kier alpha value is 0.130. The molecule has 0 saturated carbocycles. The third-order valence-corrected chi connectivity index (χ3v) is 5.08. The predicted octanol–water partition coefficient (Wildman–Crippen LogP) is 3.48. The molecule has 1 heterocycles. The van der Waals surface area contributed by atoms with Gasteiger partial charge in [-0.05, 0) is 32.1 Å². The molecule has 5 heteroatoms. The maximum atomic E-state index is 10.6. The summed E-state index contributed by atoms with van der Waals surface area (Å²) in [4.78, 5) is 10.6. The minimum Gasteiger partial charge on any atom is -0.870 e. The number of hydrogen-bond donors (Lipinski definition) is 1. The minimum absolute atomic E-state index is 0. The van der Waals surface area contributed by atoms with E-state index in [0.717, 1.165) is 12.8 Å². The second-order valence-corrected chi connectivity index (χ2v) is 7.51. The van der Waals surface area contributed by atoms with Crippen molar-refractivity contribution in [2.45, 2.75) is 122 Å². The molecule has 0 aliphatic carbocycles. The Kier molecular flexibility index (Phi) is 22.7. The molecule has 2 unspecified atom stereocenters. The normalized spacial score (nSPS) is 18.1. The zero-order valence-corrected chi connectivity index (χ0v) is 19.8. The van der Waals surface area contributed by atoms with Crippen molar-refractivity contribution in [1.29, 1.82) is 0 Å². The van der Waals surface area contributed by atoms with Crippen molar-refractivity contribution in [2.24, 2.45) is 0 Å². The van der Waals surface area contributed by atoms with Gasteiger partial charge in [0.2, 0.25) is 0 Å². The van der Waals surface area contributed by atoms with E-state index in [1.807, 2.05) is 0 Å². The van der Waals surface area contributed by atoms with E-state index in [4.69, 9.17) is 9.84 Å². The molecule has 1 rings (SSSR count). The summed E-state index contributed by atoms with van der Waals surface area (Å²) in [6.07, 6.45) is 24.9. The molecule has 0 aromatic heterocycles. The van der Waals surface area contributed by atoms with Crippen LogP contribution < -0.4 is 29.6 Å². The van der Waals surface area contributed by atoms with Crippen molar-refractivity contribution >= 4 is 5.97 Å². The molecule has 154 valence electrons. The van der Waals surface area contributed by atoms with Crippen molar-refractivity contribution < 1.29 is 49.7 Å².